The van der Waals surface area contributed by atoms with E-state index in [1.165, 1.54) is 0 Å². The lowest BCUT2D eigenvalue weighted by molar-refractivity contribution is -0.132. The molecule has 0 heterocycles. The SMILES string of the molecule is C=C(C)C(=O)NCCCOCCOCCOCCCNC(=O)C(C)(CC)C(C)C. The highest BCUT2D eigenvalue weighted by Crippen LogP contribution is 2.30. The molecule has 0 aliphatic heterocycles. The molecule has 0 aliphatic rings. The molecule has 1 unspecified atom stereocenters. The summed E-state index contributed by atoms with van der Waals surface area (Å²) < 4.78 is 16.4. The second-order valence-electron chi connectivity index (χ2n) is 7.76. The van der Waals surface area contributed by atoms with Gasteiger partial charge in [-0.15, -0.1) is 0 Å². The van der Waals surface area contributed by atoms with E-state index >= 15 is 0 Å². The Morgan fingerprint density at radius 1 is 0.897 bits per heavy atom. The molecule has 2 amide bonds. The van der Waals surface area contributed by atoms with Gasteiger partial charge in [-0.2, -0.15) is 0 Å². The Balaban J connectivity index is 3.41. The summed E-state index contributed by atoms with van der Waals surface area (Å²) in [4.78, 5) is 23.6. The number of amides is 2. The van der Waals surface area contributed by atoms with Gasteiger partial charge in [0, 0.05) is 37.3 Å². The summed E-state index contributed by atoms with van der Waals surface area (Å²) in [5.41, 5.74) is 0.201. The molecule has 1 atom stereocenters. The van der Waals surface area contributed by atoms with Gasteiger partial charge in [0.25, 0.3) is 0 Å². The van der Waals surface area contributed by atoms with E-state index in [2.05, 4.69) is 38.0 Å². The van der Waals surface area contributed by atoms with Crippen molar-refractivity contribution in [3.63, 3.8) is 0 Å². The van der Waals surface area contributed by atoms with Crippen LogP contribution in [0.1, 0.15) is 53.9 Å². The first-order valence-corrected chi connectivity index (χ1v) is 10.7. The quantitative estimate of drug-likeness (QED) is 0.266. The molecule has 0 fully saturated rings. The van der Waals surface area contributed by atoms with Crippen molar-refractivity contribution in [2.75, 3.05) is 52.7 Å². The Labute approximate surface area is 176 Å². The van der Waals surface area contributed by atoms with Crippen molar-refractivity contribution in [3.8, 4) is 0 Å². The third-order valence-electron chi connectivity index (χ3n) is 5.16. The standard InChI is InChI=1S/C22H42N2O5/c1-7-22(6,19(4)5)21(26)24-11-9-13-28-15-17-29-16-14-27-12-8-10-23-20(25)18(2)3/h19H,2,7-17H2,1,3-6H3,(H,23,25)(H,24,26). The highest BCUT2D eigenvalue weighted by molar-refractivity contribution is 5.92. The van der Waals surface area contributed by atoms with Gasteiger partial charge < -0.3 is 24.8 Å². The summed E-state index contributed by atoms with van der Waals surface area (Å²) in [5.74, 6) is 0.314. The summed E-state index contributed by atoms with van der Waals surface area (Å²) in [6.07, 6.45) is 2.38. The van der Waals surface area contributed by atoms with Crippen molar-refractivity contribution in [1.82, 2.24) is 10.6 Å². The van der Waals surface area contributed by atoms with E-state index in [0.717, 1.165) is 19.3 Å². The van der Waals surface area contributed by atoms with Crippen LogP contribution in [-0.4, -0.2) is 64.5 Å². The van der Waals surface area contributed by atoms with E-state index in [9.17, 15) is 9.59 Å². The number of carbonyl (C=O) groups is 2. The molecule has 170 valence electrons. The summed E-state index contributed by atoms with van der Waals surface area (Å²) >= 11 is 0. The van der Waals surface area contributed by atoms with Crippen LogP contribution < -0.4 is 10.6 Å². The van der Waals surface area contributed by atoms with Crippen LogP contribution in [0.4, 0.5) is 0 Å². The average Bonchev–Trinajstić information content (AvgIpc) is 2.69. The number of hydrogen-bond acceptors (Lipinski definition) is 5. The summed E-state index contributed by atoms with van der Waals surface area (Å²) in [6, 6.07) is 0. The van der Waals surface area contributed by atoms with Crippen LogP contribution in [0.5, 0.6) is 0 Å². The maximum absolute atomic E-state index is 12.3. The predicted molar refractivity (Wildman–Crippen MR) is 116 cm³/mol. The lowest BCUT2D eigenvalue weighted by atomic mass is 9.76. The molecule has 0 bridgehead atoms. The minimum Gasteiger partial charge on any atom is -0.379 e. The third-order valence-corrected chi connectivity index (χ3v) is 5.16. The molecular formula is C22H42N2O5. The zero-order valence-corrected chi connectivity index (χ0v) is 19.1. The molecule has 0 aromatic rings. The molecule has 29 heavy (non-hydrogen) atoms. The van der Waals surface area contributed by atoms with Crippen LogP contribution in [0, 0.1) is 11.3 Å². The summed E-state index contributed by atoms with van der Waals surface area (Å²) in [6.45, 7) is 18.0. The number of carbonyl (C=O) groups excluding carboxylic acids is 2. The topological polar surface area (TPSA) is 85.9 Å². The Kier molecular flexibility index (Phi) is 15.6. The molecular weight excluding hydrogens is 372 g/mol. The molecule has 2 N–H and O–H groups in total. The molecule has 0 aromatic carbocycles. The molecule has 7 nitrogen and oxygen atoms in total. The minimum absolute atomic E-state index is 0.120. The summed E-state index contributed by atoms with van der Waals surface area (Å²) in [7, 11) is 0. The van der Waals surface area contributed by atoms with E-state index in [4.69, 9.17) is 14.2 Å². The smallest absolute Gasteiger partial charge is 0.246 e. The van der Waals surface area contributed by atoms with Gasteiger partial charge in [-0.1, -0.05) is 34.3 Å². The summed E-state index contributed by atoms with van der Waals surface area (Å²) in [5, 5.41) is 5.77. The third kappa shape index (κ3) is 12.7. The van der Waals surface area contributed by atoms with Crippen LogP contribution in [0.2, 0.25) is 0 Å². The van der Waals surface area contributed by atoms with E-state index in [-0.39, 0.29) is 17.2 Å². The number of nitrogens with one attached hydrogen (secondary N) is 2. The fraction of sp³-hybridized carbons (Fsp3) is 0.818. The normalized spacial score (nSPS) is 13.2. The molecule has 0 rings (SSSR count). The van der Waals surface area contributed by atoms with Gasteiger partial charge >= 0.3 is 0 Å². The molecule has 0 saturated carbocycles. The lowest BCUT2D eigenvalue weighted by Crippen LogP contribution is -2.42. The predicted octanol–water partition coefficient (Wildman–Crippen LogP) is 2.70. The zero-order chi connectivity index (χ0) is 22.1. The van der Waals surface area contributed by atoms with Crippen LogP contribution in [-0.2, 0) is 23.8 Å². The van der Waals surface area contributed by atoms with Crippen LogP contribution in [0.25, 0.3) is 0 Å². The van der Waals surface area contributed by atoms with Gasteiger partial charge in [0.05, 0.1) is 26.4 Å². The van der Waals surface area contributed by atoms with Crippen molar-refractivity contribution in [1.29, 1.82) is 0 Å². The fourth-order valence-electron chi connectivity index (χ4n) is 2.48. The van der Waals surface area contributed by atoms with Gasteiger partial charge in [0.1, 0.15) is 0 Å². The molecule has 0 radical (unpaired) electrons. The fourth-order valence-corrected chi connectivity index (χ4v) is 2.48. The van der Waals surface area contributed by atoms with E-state index < -0.39 is 0 Å². The van der Waals surface area contributed by atoms with E-state index in [0.29, 0.717) is 64.2 Å². The number of hydrogen-bond donors (Lipinski definition) is 2. The second-order valence-corrected chi connectivity index (χ2v) is 7.76. The average molecular weight is 415 g/mol. The molecule has 7 heteroatoms. The van der Waals surface area contributed by atoms with Crippen LogP contribution in [0.15, 0.2) is 12.2 Å². The molecule has 0 aromatic heterocycles. The highest BCUT2D eigenvalue weighted by atomic mass is 16.5. The molecule has 0 spiro atoms. The number of ether oxygens (including phenoxy) is 3. The van der Waals surface area contributed by atoms with Gasteiger partial charge in [-0.05, 0) is 32.1 Å². The molecule has 0 saturated heterocycles. The Morgan fingerprint density at radius 2 is 1.34 bits per heavy atom. The van der Waals surface area contributed by atoms with Gasteiger partial charge in [0.15, 0.2) is 0 Å². The van der Waals surface area contributed by atoms with E-state index in [1.54, 1.807) is 6.92 Å². The second kappa shape index (κ2) is 16.4. The minimum atomic E-state index is -0.310. The van der Waals surface area contributed by atoms with Crippen molar-refractivity contribution < 1.29 is 23.8 Å². The maximum atomic E-state index is 12.3. The Bertz CT molecular complexity index is 482. The first-order chi connectivity index (χ1) is 13.8. The van der Waals surface area contributed by atoms with Crippen molar-refractivity contribution in [2.24, 2.45) is 11.3 Å². The first kappa shape index (κ1) is 27.6. The maximum Gasteiger partial charge on any atom is 0.246 e. The monoisotopic (exact) mass is 414 g/mol. The first-order valence-electron chi connectivity index (χ1n) is 10.7. The highest BCUT2D eigenvalue weighted by Gasteiger charge is 2.34. The lowest BCUT2D eigenvalue weighted by Gasteiger charge is -2.31. The molecule has 0 aliphatic carbocycles. The van der Waals surface area contributed by atoms with Crippen LogP contribution in [0.3, 0.4) is 0 Å². The Hall–Kier alpha value is -1.44. The van der Waals surface area contributed by atoms with Gasteiger partial charge in [-0.3, -0.25) is 9.59 Å². The van der Waals surface area contributed by atoms with E-state index in [1.807, 2.05) is 6.92 Å². The van der Waals surface area contributed by atoms with Crippen molar-refractivity contribution in [3.05, 3.63) is 12.2 Å². The number of rotatable bonds is 18. The largest absolute Gasteiger partial charge is 0.379 e. The van der Waals surface area contributed by atoms with Crippen LogP contribution >= 0.6 is 0 Å². The van der Waals surface area contributed by atoms with Crippen molar-refractivity contribution in [2.45, 2.75) is 53.9 Å². The zero-order valence-electron chi connectivity index (χ0n) is 19.1. The van der Waals surface area contributed by atoms with Crippen molar-refractivity contribution >= 4 is 11.8 Å². The Morgan fingerprint density at radius 3 is 1.76 bits per heavy atom. The van der Waals surface area contributed by atoms with Gasteiger partial charge in [-0.25, -0.2) is 0 Å². The van der Waals surface area contributed by atoms with Gasteiger partial charge in [0.2, 0.25) is 11.8 Å².